The van der Waals surface area contributed by atoms with Gasteiger partial charge in [-0.15, -0.1) is 0 Å². The molecule has 0 bridgehead atoms. The highest BCUT2D eigenvalue weighted by atomic mass is 79.9. The van der Waals surface area contributed by atoms with Gasteiger partial charge in [0, 0.05) is 9.50 Å². The molecule has 1 rings (SSSR count). The van der Waals surface area contributed by atoms with E-state index >= 15 is 0 Å². The van der Waals surface area contributed by atoms with Crippen LogP contribution < -0.4 is 11.1 Å². The van der Waals surface area contributed by atoms with Gasteiger partial charge in [0.05, 0.1) is 5.69 Å². The highest BCUT2D eigenvalue weighted by molar-refractivity contribution is 9.10. The zero-order valence-electron chi connectivity index (χ0n) is 5.97. The first-order valence-electron chi connectivity index (χ1n) is 3.11. The van der Waals surface area contributed by atoms with Gasteiger partial charge in [-0.05, 0) is 46.3 Å². The molecular formula is C7H6BrClN2S. The fraction of sp³-hybridized carbons (Fsp3) is 0. The maximum absolute atomic E-state index is 5.73. The summed E-state index contributed by atoms with van der Waals surface area (Å²) in [6.07, 6.45) is 0. The molecule has 0 radical (unpaired) electrons. The second-order valence-corrected chi connectivity index (χ2v) is 3.84. The van der Waals surface area contributed by atoms with Crippen LogP contribution in [0, 0.1) is 0 Å². The number of nitrogens with one attached hydrogen (secondary N) is 1. The minimum atomic E-state index is 0.234. The van der Waals surface area contributed by atoms with Crippen molar-refractivity contribution in [2.75, 3.05) is 5.32 Å². The molecule has 0 heterocycles. The van der Waals surface area contributed by atoms with Gasteiger partial charge >= 0.3 is 0 Å². The van der Waals surface area contributed by atoms with E-state index in [0.717, 1.165) is 10.2 Å². The van der Waals surface area contributed by atoms with Gasteiger partial charge in [0.1, 0.15) is 0 Å². The molecule has 0 aliphatic carbocycles. The third kappa shape index (κ3) is 2.62. The predicted octanol–water partition coefficient (Wildman–Crippen LogP) is 2.76. The highest BCUT2D eigenvalue weighted by Gasteiger charge is 1.99. The third-order valence-corrected chi connectivity index (χ3v) is 2.18. The van der Waals surface area contributed by atoms with Crippen LogP contribution in [-0.2, 0) is 0 Å². The Labute approximate surface area is 89.2 Å². The zero-order chi connectivity index (χ0) is 9.14. The Hall–Kier alpha value is -0.320. The molecular weight excluding hydrogens is 260 g/mol. The molecule has 0 amide bonds. The minimum absolute atomic E-state index is 0.234. The van der Waals surface area contributed by atoms with Gasteiger partial charge in [-0.25, -0.2) is 0 Å². The number of benzene rings is 1. The second-order valence-electron chi connectivity index (χ2n) is 2.11. The van der Waals surface area contributed by atoms with Crippen LogP contribution in [0.3, 0.4) is 0 Å². The Balaban J connectivity index is 2.93. The van der Waals surface area contributed by atoms with Gasteiger partial charge in [0.25, 0.3) is 0 Å². The van der Waals surface area contributed by atoms with Crippen molar-refractivity contribution in [2.24, 2.45) is 5.73 Å². The van der Waals surface area contributed by atoms with E-state index in [1.54, 1.807) is 18.2 Å². The summed E-state index contributed by atoms with van der Waals surface area (Å²) in [5, 5.41) is 3.70. The van der Waals surface area contributed by atoms with Crippen molar-refractivity contribution in [1.29, 1.82) is 0 Å². The molecule has 0 saturated carbocycles. The number of hydrogen-bond donors (Lipinski definition) is 2. The molecule has 2 nitrogen and oxygen atoms in total. The summed E-state index contributed by atoms with van der Waals surface area (Å²) in [4.78, 5) is 0. The number of thiocarbonyl (C=S) groups is 1. The highest BCUT2D eigenvalue weighted by Crippen LogP contribution is 2.25. The van der Waals surface area contributed by atoms with Crippen molar-refractivity contribution in [2.45, 2.75) is 0 Å². The SMILES string of the molecule is NC(=S)Nc1ccc(Cl)cc1Br. The van der Waals surface area contributed by atoms with E-state index in [1.807, 2.05) is 0 Å². The molecule has 3 N–H and O–H groups in total. The average molecular weight is 266 g/mol. The lowest BCUT2D eigenvalue weighted by atomic mass is 10.3. The summed E-state index contributed by atoms with van der Waals surface area (Å²) in [5.41, 5.74) is 6.11. The van der Waals surface area contributed by atoms with E-state index in [4.69, 9.17) is 17.3 Å². The predicted molar refractivity (Wildman–Crippen MR) is 59.6 cm³/mol. The normalized spacial score (nSPS) is 9.50. The van der Waals surface area contributed by atoms with E-state index in [-0.39, 0.29) is 5.11 Å². The molecule has 1 aromatic carbocycles. The molecule has 0 fully saturated rings. The lowest BCUT2D eigenvalue weighted by Crippen LogP contribution is -2.19. The van der Waals surface area contributed by atoms with Gasteiger partial charge in [0.15, 0.2) is 5.11 Å². The Kier molecular flexibility index (Phi) is 3.31. The fourth-order valence-corrected chi connectivity index (χ4v) is 1.62. The molecule has 0 aromatic heterocycles. The first kappa shape index (κ1) is 9.77. The van der Waals surface area contributed by atoms with Gasteiger partial charge < -0.3 is 11.1 Å². The Bertz CT molecular complexity index is 316. The van der Waals surface area contributed by atoms with Crippen LogP contribution in [0.1, 0.15) is 0 Å². The minimum Gasteiger partial charge on any atom is -0.376 e. The standard InChI is InChI=1S/C7H6BrClN2S/c8-5-3-4(9)1-2-6(5)11-7(10)12/h1-3H,(H3,10,11,12). The van der Waals surface area contributed by atoms with E-state index in [0.29, 0.717) is 5.02 Å². The van der Waals surface area contributed by atoms with Crippen LogP contribution in [0.5, 0.6) is 0 Å². The van der Waals surface area contributed by atoms with E-state index in [2.05, 4.69) is 33.5 Å². The van der Waals surface area contributed by atoms with Crippen LogP contribution in [0.4, 0.5) is 5.69 Å². The van der Waals surface area contributed by atoms with E-state index in [9.17, 15) is 0 Å². The maximum atomic E-state index is 5.73. The molecule has 5 heteroatoms. The molecule has 0 saturated heterocycles. The Morgan fingerprint density at radius 1 is 1.58 bits per heavy atom. The quantitative estimate of drug-likeness (QED) is 0.767. The number of anilines is 1. The summed E-state index contributed by atoms with van der Waals surface area (Å²) >= 11 is 13.7. The van der Waals surface area contributed by atoms with Crippen molar-refractivity contribution < 1.29 is 0 Å². The summed E-state index contributed by atoms with van der Waals surface area (Å²) in [6, 6.07) is 5.32. The largest absolute Gasteiger partial charge is 0.376 e. The van der Waals surface area contributed by atoms with Crippen molar-refractivity contribution >= 4 is 50.5 Å². The summed E-state index contributed by atoms with van der Waals surface area (Å²) in [6.45, 7) is 0. The van der Waals surface area contributed by atoms with Crippen molar-refractivity contribution in [3.63, 3.8) is 0 Å². The molecule has 64 valence electrons. The molecule has 0 unspecified atom stereocenters. The van der Waals surface area contributed by atoms with Crippen molar-refractivity contribution in [3.05, 3.63) is 27.7 Å². The smallest absolute Gasteiger partial charge is 0.168 e. The monoisotopic (exact) mass is 264 g/mol. The molecule has 0 aliphatic rings. The lowest BCUT2D eigenvalue weighted by molar-refractivity contribution is 1.57. The van der Waals surface area contributed by atoms with E-state index < -0.39 is 0 Å². The number of rotatable bonds is 1. The van der Waals surface area contributed by atoms with Gasteiger partial charge in [0.2, 0.25) is 0 Å². The lowest BCUT2D eigenvalue weighted by Gasteiger charge is -2.05. The summed E-state index contributed by atoms with van der Waals surface area (Å²) in [5.74, 6) is 0. The summed E-state index contributed by atoms with van der Waals surface area (Å²) in [7, 11) is 0. The Morgan fingerprint density at radius 3 is 2.75 bits per heavy atom. The first-order chi connectivity index (χ1) is 5.59. The molecule has 0 aliphatic heterocycles. The van der Waals surface area contributed by atoms with Crippen molar-refractivity contribution in [1.82, 2.24) is 0 Å². The van der Waals surface area contributed by atoms with Crippen LogP contribution in [0.2, 0.25) is 5.02 Å². The molecule has 12 heavy (non-hydrogen) atoms. The van der Waals surface area contributed by atoms with Crippen LogP contribution in [0.15, 0.2) is 22.7 Å². The number of nitrogens with two attached hydrogens (primary N) is 1. The van der Waals surface area contributed by atoms with Gasteiger partial charge in [-0.1, -0.05) is 11.6 Å². The number of hydrogen-bond acceptors (Lipinski definition) is 1. The van der Waals surface area contributed by atoms with Gasteiger partial charge in [-0.3, -0.25) is 0 Å². The van der Waals surface area contributed by atoms with Gasteiger partial charge in [-0.2, -0.15) is 0 Å². The van der Waals surface area contributed by atoms with Crippen LogP contribution in [0.25, 0.3) is 0 Å². The maximum Gasteiger partial charge on any atom is 0.168 e. The molecule has 0 spiro atoms. The fourth-order valence-electron chi connectivity index (χ4n) is 0.724. The first-order valence-corrected chi connectivity index (χ1v) is 4.69. The molecule has 1 aromatic rings. The average Bonchev–Trinajstić information content (AvgIpc) is 1.94. The van der Waals surface area contributed by atoms with Crippen LogP contribution in [-0.4, -0.2) is 5.11 Å². The van der Waals surface area contributed by atoms with Crippen LogP contribution >= 0.6 is 39.7 Å². The van der Waals surface area contributed by atoms with E-state index in [1.165, 1.54) is 0 Å². The van der Waals surface area contributed by atoms with Crippen molar-refractivity contribution in [3.8, 4) is 0 Å². The molecule has 0 atom stereocenters. The third-order valence-electron chi connectivity index (χ3n) is 1.19. The second kappa shape index (κ2) is 4.07. The summed E-state index contributed by atoms with van der Waals surface area (Å²) < 4.78 is 0.836. The zero-order valence-corrected chi connectivity index (χ0v) is 9.13. The number of halogens is 2. The topological polar surface area (TPSA) is 38.0 Å². The Morgan fingerprint density at radius 2 is 2.25 bits per heavy atom.